The topological polar surface area (TPSA) is 88.7 Å². The van der Waals surface area contributed by atoms with Crippen LogP contribution in [0.15, 0.2) is 18.2 Å². The molecule has 2 heterocycles. The van der Waals surface area contributed by atoms with E-state index < -0.39 is 31.3 Å². The van der Waals surface area contributed by atoms with E-state index in [9.17, 15) is 10.1 Å². The van der Waals surface area contributed by atoms with Gasteiger partial charge in [-0.25, -0.2) is 4.68 Å². The van der Waals surface area contributed by atoms with Crippen molar-refractivity contribution in [1.82, 2.24) is 9.78 Å². The highest BCUT2D eigenvalue weighted by atomic mass is 28.3. The lowest BCUT2D eigenvalue weighted by molar-refractivity contribution is -0.384. The summed E-state index contributed by atoms with van der Waals surface area (Å²) in [5.41, 5.74) is 0.254. The summed E-state index contributed by atoms with van der Waals surface area (Å²) in [5.74, 6) is 0. The van der Waals surface area contributed by atoms with Crippen LogP contribution in [0.1, 0.15) is 27.7 Å². The molecular formula is C19H30BN3O5Si. The van der Waals surface area contributed by atoms with Crippen LogP contribution < -0.4 is 5.59 Å². The summed E-state index contributed by atoms with van der Waals surface area (Å²) in [6.45, 7) is 15.7. The van der Waals surface area contributed by atoms with Gasteiger partial charge in [-0.3, -0.25) is 10.1 Å². The number of benzene rings is 1. The predicted octanol–water partition coefficient (Wildman–Crippen LogP) is 3.56. The van der Waals surface area contributed by atoms with Crippen molar-refractivity contribution >= 4 is 37.4 Å². The summed E-state index contributed by atoms with van der Waals surface area (Å²) in [7, 11) is -1.89. The standard InChI is InChI=1S/C19H30BN3O5Si/c1-18(2)19(3,4)28-20(27-18)17-15-12-14(23(24)25)8-9-16(15)22(21-17)13-26-10-11-29(5,6)7/h8-9,12H,10-11,13H2,1-7H3. The molecule has 0 radical (unpaired) electrons. The highest BCUT2D eigenvalue weighted by molar-refractivity contribution is 6.76. The smallest absolute Gasteiger partial charge is 0.398 e. The first kappa shape index (κ1) is 21.9. The molecule has 0 amide bonds. The summed E-state index contributed by atoms with van der Waals surface area (Å²) < 4.78 is 19.9. The molecule has 1 saturated heterocycles. The number of aromatic nitrogens is 2. The van der Waals surface area contributed by atoms with Crippen LogP contribution in [0.4, 0.5) is 5.69 Å². The van der Waals surface area contributed by atoms with E-state index in [1.807, 2.05) is 27.7 Å². The van der Waals surface area contributed by atoms with Gasteiger partial charge in [0.15, 0.2) is 0 Å². The lowest BCUT2D eigenvalue weighted by Gasteiger charge is -2.32. The molecular weight excluding hydrogens is 389 g/mol. The first-order chi connectivity index (χ1) is 13.3. The van der Waals surface area contributed by atoms with E-state index in [0.717, 1.165) is 11.6 Å². The lowest BCUT2D eigenvalue weighted by atomic mass is 9.82. The zero-order valence-corrected chi connectivity index (χ0v) is 19.3. The van der Waals surface area contributed by atoms with Gasteiger partial charge >= 0.3 is 7.12 Å². The maximum absolute atomic E-state index is 11.3. The minimum Gasteiger partial charge on any atom is -0.398 e. The van der Waals surface area contributed by atoms with Crippen molar-refractivity contribution in [2.45, 2.75) is 71.3 Å². The van der Waals surface area contributed by atoms with E-state index in [1.54, 1.807) is 10.7 Å². The van der Waals surface area contributed by atoms with Crippen molar-refractivity contribution < 1.29 is 19.0 Å². The van der Waals surface area contributed by atoms with Gasteiger partial charge in [-0.2, -0.15) is 5.10 Å². The van der Waals surface area contributed by atoms with Gasteiger partial charge in [0.25, 0.3) is 5.69 Å². The number of fused-ring (bicyclic) bond motifs is 1. The third kappa shape index (κ3) is 4.55. The molecule has 0 saturated carbocycles. The number of nitro groups is 1. The quantitative estimate of drug-likeness (QED) is 0.295. The summed E-state index contributed by atoms with van der Waals surface area (Å²) in [6, 6.07) is 5.77. The van der Waals surface area contributed by atoms with Crippen LogP contribution in [0.5, 0.6) is 0 Å². The number of non-ortho nitro benzene ring substituents is 1. The van der Waals surface area contributed by atoms with Crippen LogP contribution >= 0.6 is 0 Å². The second-order valence-electron chi connectivity index (χ2n) is 9.78. The van der Waals surface area contributed by atoms with Crippen LogP contribution in [-0.4, -0.2) is 47.7 Å². The highest BCUT2D eigenvalue weighted by Crippen LogP contribution is 2.37. The van der Waals surface area contributed by atoms with E-state index in [4.69, 9.17) is 14.0 Å². The molecule has 1 aliphatic rings. The number of rotatable bonds is 7. The van der Waals surface area contributed by atoms with Crippen LogP contribution in [0.2, 0.25) is 25.7 Å². The van der Waals surface area contributed by atoms with Crippen LogP contribution in [0.3, 0.4) is 0 Å². The van der Waals surface area contributed by atoms with Gasteiger partial charge in [-0.1, -0.05) is 19.6 Å². The fourth-order valence-corrected chi connectivity index (χ4v) is 3.82. The van der Waals surface area contributed by atoms with Crippen molar-refractivity contribution in [2.75, 3.05) is 6.61 Å². The second-order valence-corrected chi connectivity index (χ2v) is 15.4. The number of ether oxygens (including phenoxy) is 1. The van der Waals surface area contributed by atoms with E-state index in [2.05, 4.69) is 24.7 Å². The van der Waals surface area contributed by atoms with Crippen LogP contribution in [-0.2, 0) is 20.8 Å². The van der Waals surface area contributed by atoms with Crippen molar-refractivity contribution in [3.63, 3.8) is 0 Å². The SMILES string of the molecule is CC1(C)OB(c2nn(COCC[Si](C)(C)C)c3ccc([N+](=O)[O-])cc23)OC1(C)C. The first-order valence-corrected chi connectivity index (χ1v) is 13.6. The lowest BCUT2D eigenvalue weighted by Crippen LogP contribution is -2.41. The number of hydrogen-bond donors (Lipinski definition) is 0. The molecule has 8 nitrogen and oxygen atoms in total. The summed E-state index contributed by atoms with van der Waals surface area (Å²) in [6.07, 6.45) is 0. The van der Waals surface area contributed by atoms with E-state index >= 15 is 0 Å². The normalized spacial score (nSPS) is 18.5. The Bertz CT molecular complexity index is 906. The Balaban J connectivity index is 1.94. The second kappa shape index (κ2) is 7.50. The zero-order chi connectivity index (χ0) is 21.6. The van der Waals surface area contributed by atoms with Gasteiger partial charge < -0.3 is 14.0 Å². The van der Waals surface area contributed by atoms with Crippen molar-refractivity contribution in [3.05, 3.63) is 28.3 Å². The van der Waals surface area contributed by atoms with Gasteiger partial charge in [0.2, 0.25) is 0 Å². The average molecular weight is 419 g/mol. The highest BCUT2D eigenvalue weighted by Gasteiger charge is 2.53. The van der Waals surface area contributed by atoms with Crippen LogP contribution in [0, 0.1) is 10.1 Å². The minimum atomic E-state index is -1.19. The molecule has 1 fully saturated rings. The molecule has 0 bridgehead atoms. The average Bonchev–Trinajstić information content (AvgIpc) is 3.04. The summed E-state index contributed by atoms with van der Waals surface area (Å²) in [5, 5.41) is 16.6. The van der Waals surface area contributed by atoms with Crippen molar-refractivity contribution in [2.24, 2.45) is 0 Å². The Hall–Kier alpha value is -1.75. The summed E-state index contributed by atoms with van der Waals surface area (Å²) in [4.78, 5) is 10.9. The van der Waals surface area contributed by atoms with Crippen molar-refractivity contribution in [3.8, 4) is 0 Å². The van der Waals surface area contributed by atoms with Gasteiger partial charge in [0, 0.05) is 32.2 Å². The first-order valence-electron chi connectivity index (χ1n) is 9.89. The molecule has 0 N–H and O–H groups in total. The number of hydrogen-bond acceptors (Lipinski definition) is 6. The third-order valence-corrected chi connectivity index (χ3v) is 7.36. The largest absolute Gasteiger partial charge is 0.517 e. The van der Waals surface area contributed by atoms with Crippen LogP contribution in [0.25, 0.3) is 10.9 Å². The maximum atomic E-state index is 11.3. The maximum Gasteiger partial charge on any atom is 0.517 e. The monoisotopic (exact) mass is 419 g/mol. The molecule has 10 heteroatoms. The molecule has 1 aromatic carbocycles. The number of nitro benzene ring substituents is 1. The molecule has 0 spiro atoms. The Morgan fingerprint density at radius 2 is 1.83 bits per heavy atom. The Morgan fingerprint density at radius 3 is 2.38 bits per heavy atom. The van der Waals surface area contributed by atoms with Gasteiger partial charge in [-0.05, 0) is 39.8 Å². The molecule has 158 valence electrons. The molecule has 29 heavy (non-hydrogen) atoms. The van der Waals surface area contributed by atoms with Crippen molar-refractivity contribution in [1.29, 1.82) is 0 Å². The minimum absolute atomic E-state index is 0.00877. The third-order valence-electron chi connectivity index (χ3n) is 5.66. The molecule has 0 aliphatic carbocycles. The summed E-state index contributed by atoms with van der Waals surface area (Å²) >= 11 is 0. The fourth-order valence-electron chi connectivity index (χ4n) is 3.06. The Kier molecular flexibility index (Phi) is 5.67. The molecule has 0 unspecified atom stereocenters. The molecule has 1 aromatic heterocycles. The molecule has 0 atom stereocenters. The Morgan fingerprint density at radius 1 is 1.21 bits per heavy atom. The predicted molar refractivity (Wildman–Crippen MR) is 116 cm³/mol. The fraction of sp³-hybridized carbons (Fsp3) is 0.632. The molecule has 1 aliphatic heterocycles. The van der Waals surface area contributed by atoms with E-state index in [0.29, 0.717) is 17.6 Å². The molecule has 3 rings (SSSR count). The van der Waals surface area contributed by atoms with Gasteiger partial charge in [0.1, 0.15) is 12.3 Å². The Labute approximate surface area is 172 Å². The zero-order valence-electron chi connectivity index (χ0n) is 18.3. The van der Waals surface area contributed by atoms with E-state index in [1.165, 1.54) is 12.1 Å². The van der Waals surface area contributed by atoms with Gasteiger partial charge in [0.05, 0.1) is 21.6 Å². The molecule has 2 aromatic rings. The number of nitrogens with zero attached hydrogens (tertiary/aromatic N) is 3. The van der Waals surface area contributed by atoms with Gasteiger partial charge in [-0.15, -0.1) is 0 Å². The van der Waals surface area contributed by atoms with E-state index in [-0.39, 0.29) is 12.4 Å².